The minimum atomic E-state index is -0.407. The van der Waals surface area contributed by atoms with Gasteiger partial charge in [-0.1, -0.05) is 11.6 Å². The summed E-state index contributed by atoms with van der Waals surface area (Å²) < 4.78 is 15.8. The summed E-state index contributed by atoms with van der Waals surface area (Å²) in [5.41, 5.74) is 9.12. The van der Waals surface area contributed by atoms with Crippen molar-refractivity contribution in [3.63, 3.8) is 0 Å². The van der Waals surface area contributed by atoms with E-state index in [1.165, 1.54) is 18.5 Å². The largest absolute Gasteiger partial charge is 0.383 e. The van der Waals surface area contributed by atoms with Gasteiger partial charge in [-0.2, -0.15) is 0 Å². The number of rotatable bonds is 1. The summed E-state index contributed by atoms with van der Waals surface area (Å²) >= 11 is 9.59. The molecule has 3 rings (SSSR count). The molecule has 0 unspecified atom stereocenters. The van der Waals surface area contributed by atoms with E-state index in [-0.39, 0.29) is 0 Å². The summed E-state index contributed by atoms with van der Waals surface area (Å²) in [7, 11) is 0. The number of halogens is 3. The molecule has 4 nitrogen and oxygen atoms in total. The average molecular weight is 370 g/mol. The molecular weight excluding hydrogens is 359 g/mol. The average Bonchev–Trinajstić information content (AvgIpc) is 2.64. The van der Waals surface area contributed by atoms with Crippen LogP contribution >= 0.6 is 27.5 Å². The van der Waals surface area contributed by atoms with Crippen LogP contribution in [0.15, 0.2) is 22.9 Å². The minimum absolute atomic E-state index is 0.291. The first-order chi connectivity index (χ1) is 9.91. The van der Waals surface area contributed by atoms with Gasteiger partial charge in [0.15, 0.2) is 5.65 Å². The van der Waals surface area contributed by atoms with E-state index >= 15 is 0 Å². The number of anilines is 1. The summed E-state index contributed by atoms with van der Waals surface area (Å²) in [5.74, 6) is 0.00399. The predicted octanol–water partition coefficient (Wildman–Crippen LogP) is 4.17. The third-order valence-electron chi connectivity index (χ3n) is 3.53. The molecule has 108 valence electrons. The maximum absolute atomic E-state index is 13.4. The fourth-order valence-corrected chi connectivity index (χ4v) is 3.46. The quantitative estimate of drug-likeness (QED) is 0.700. The van der Waals surface area contributed by atoms with Crippen LogP contribution in [-0.4, -0.2) is 14.5 Å². The highest BCUT2D eigenvalue weighted by molar-refractivity contribution is 9.10. The number of hydrogen-bond acceptors (Lipinski definition) is 3. The summed E-state index contributed by atoms with van der Waals surface area (Å²) in [6.45, 7) is 3.88. The monoisotopic (exact) mass is 368 g/mol. The summed E-state index contributed by atoms with van der Waals surface area (Å²) in [6.07, 6.45) is 1.40. The highest BCUT2D eigenvalue weighted by atomic mass is 79.9. The van der Waals surface area contributed by atoms with Crippen molar-refractivity contribution >= 4 is 44.4 Å². The highest BCUT2D eigenvalue weighted by Crippen LogP contribution is 2.36. The van der Waals surface area contributed by atoms with Crippen LogP contribution in [0.1, 0.15) is 11.3 Å². The number of nitrogens with two attached hydrogens (primary N) is 1. The second kappa shape index (κ2) is 4.96. The van der Waals surface area contributed by atoms with E-state index in [1.807, 2.05) is 18.4 Å². The van der Waals surface area contributed by atoms with E-state index in [2.05, 4.69) is 25.9 Å². The van der Waals surface area contributed by atoms with Crippen LogP contribution < -0.4 is 5.73 Å². The Kier molecular flexibility index (Phi) is 3.37. The molecule has 0 fully saturated rings. The van der Waals surface area contributed by atoms with E-state index in [1.54, 1.807) is 0 Å². The molecule has 0 spiro atoms. The van der Waals surface area contributed by atoms with Gasteiger partial charge >= 0.3 is 0 Å². The fraction of sp³-hybridized carbons (Fsp3) is 0.143. The Bertz CT molecular complexity index is 852. The van der Waals surface area contributed by atoms with Crippen LogP contribution in [0.25, 0.3) is 16.7 Å². The zero-order chi connectivity index (χ0) is 15.3. The van der Waals surface area contributed by atoms with Crippen molar-refractivity contribution in [3.05, 3.63) is 45.0 Å². The van der Waals surface area contributed by atoms with Crippen molar-refractivity contribution in [2.75, 3.05) is 5.73 Å². The van der Waals surface area contributed by atoms with Crippen LogP contribution in [0, 0.1) is 19.7 Å². The molecule has 3 aromatic rings. The Hall–Kier alpha value is -1.66. The summed E-state index contributed by atoms with van der Waals surface area (Å²) in [6, 6.07) is 2.64. The number of benzene rings is 1. The lowest BCUT2D eigenvalue weighted by Crippen LogP contribution is -2.01. The lowest BCUT2D eigenvalue weighted by Gasteiger charge is -2.12. The molecular formula is C14H11BrClFN4. The van der Waals surface area contributed by atoms with E-state index in [0.717, 1.165) is 16.6 Å². The zero-order valence-electron chi connectivity index (χ0n) is 11.3. The molecule has 21 heavy (non-hydrogen) atoms. The molecule has 0 amide bonds. The molecule has 0 aliphatic heterocycles. The van der Waals surface area contributed by atoms with Gasteiger partial charge in [0.25, 0.3) is 0 Å². The summed E-state index contributed by atoms with van der Waals surface area (Å²) in [4.78, 5) is 8.33. The Balaban J connectivity index is 2.48. The fourth-order valence-electron chi connectivity index (χ4n) is 2.45. The second-order valence-corrected chi connectivity index (χ2v) is 5.98. The molecule has 0 radical (unpaired) electrons. The molecule has 7 heteroatoms. The Morgan fingerprint density at radius 2 is 2.00 bits per heavy atom. The standard InChI is InChI=1S/C14H11BrClFN4/c1-6-7(2)21(14-11(6)13(18)19-5-20-14)12-9(15)3-8(17)4-10(12)16/h3-5H,1-2H3,(H2,18,19,20). The molecule has 2 heterocycles. The lowest BCUT2D eigenvalue weighted by atomic mass is 10.2. The molecule has 0 saturated heterocycles. The van der Waals surface area contributed by atoms with Gasteiger partial charge in [0.05, 0.1) is 16.1 Å². The molecule has 0 aliphatic rings. The molecule has 0 aliphatic carbocycles. The third-order valence-corrected chi connectivity index (χ3v) is 4.42. The molecule has 2 N–H and O–H groups in total. The number of aryl methyl sites for hydroxylation is 1. The van der Waals surface area contributed by atoms with Gasteiger partial charge in [-0.25, -0.2) is 14.4 Å². The van der Waals surface area contributed by atoms with Crippen LogP contribution in [0.5, 0.6) is 0 Å². The van der Waals surface area contributed by atoms with E-state index in [9.17, 15) is 4.39 Å². The normalized spacial score (nSPS) is 11.3. The minimum Gasteiger partial charge on any atom is -0.383 e. The van der Waals surface area contributed by atoms with Crippen LogP contribution in [0.3, 0.4) is 0 Å². The lowest BCUT2D eigenvalue weighted by molar-refractivity contribution is 0.626. The zero-order valence-corrected chi connectivity index (χ0v) is 13.6. The van der Waals surface area contributed by atoms with E-state index in [4.69, 9.17) is 17.3 Å². The van der Waals surface area contributed by atoms with Gasteiger partial charge in [0.1, 0.15) is 18.0 Å². The van der Waals surface area contributed by atoms with Crippen molar-refractivity contribution in [2.24, 2.45) is 0 Å². The van der Waals surface area contributed by atoms with Crippen molar-refractivity contribution < 1.29 is 4.39 Å². The maximum Gasteiger partial charge on any atom is 0.150 e. The van der Waals surface area contributed by atoms with Crippen molar-refractivity contribution in [2.45, 2.75) is 13.8 Å². The SMILES string of the molecule is Cc1c(C)n(-c2c(Cl)cc(F)cc2Br)c2ncnc(N)c12. The van der Waals surface area contributed by atoms with Gasteiger partial charge in [-0.15, -0.1) is 0 Å². The first-order valence-corrected chi connectivity index (χ1v) is 7.32. The first-order valence-electron chi connectivity index (χ1n) is 6.14. The number of nitrogens with zero attached hydrogens (tertiary/aromatic N) is 3. The number of nitrogen functional groups attached to an aromatic ring is 1. The molecule has 2 aromatic heterocycles. The highest BCUT2D eigenvalue weighted by Gasteiger charge is 2.20. The van der Waals surface area contributed by atoms with Crippen LogP contribution in [0.2, 0.25) is 5.02 Å². The maximum atomic E-state index is 13.4. The number of hydrogen-bond donors (Lipinski definition) is 1. The van der Waals surface area contributed by atoms with Crippen molar-refractivity contribution in [3.8, 4) is 5.69 Å². The van der Waals surface area contributed by atoms with Crippen molar-refractivity contribution in [1.29, 1.82) is 0 Å². The Labute approximate surface area is 133 Å². The van der Waals surface area contributed by atoms with Gasteiger partial charge < -0.3 is 5.73 Å². The topological polar surface area (TPSA) is 56.7 Å². The predicted molar refractivity (Wildman–Crippen MR) is 85.4 cm³/mol. The van der Waals surface area contributed by atoms with Gasteiger partial charge in [0.2, 0.25) is 0 Å². The Morgan fingerprint density at radius 1 is 1.29 bits per heavy atom. The smallest absolute Gasteiger partial charge is 0.150 e. The van der Waals surface area contributed by atoms with Gasteiger partial charge in [-0.05, 0) is 47.5 Å². The molecule has 0 atom stereocenters. The Morgan fingerprint density at radius 3 is 2.67 bits per heavy atom. The van der Waals surface area contributed by atoms with Crippen LogP contribution in [-0.2, 0) is 0 Å². The first kappa shape index (κ1) is 14.3. The summed E-state index contributed by atoms with van der Waals surface area (Å²) in [5, 5.41) is 1.07. The number of fused-ring (bicyclic) bond motifs is 1. The van der Waals surface area contributed by atoms with E-state index in [0.29, 0.717) is 26.6 Å². The van der Waals surface area contributed by atoms with Gasteiger partial charge in [0, 0.05) is 10.2 Å². The number of aromatic nitrogens is 3. The molecule has 0 bridgehead atoms. The molecule has 1 aromatic carbocycles. The third kappa shape index (κ3) is 2.10. The van der Waals surface area contributed by atoms with Crippen molar-refractivity contribution in [1.82, 2.24) is 14.5 Å². The second-order valence-electron chi connectivity index (χ2n) is 4.72. The van der Waals surface area contributed by atoms with Crippen LogP contribution in [0.4, 0.5) is 10.2 Å². The van der Waals surface area contributed by atoms with E-state index < -0.39 is 5.82 Å². The molecule has 0 saturated carbocycles. The van der Waals surface area contributed by atoms with Gasteiger partial charge in [-0.3, -0.25) is 4.57 Å².